The molecule has 2 unspecified atom stereocenters. The summed E-state index contributed by atoms with van der Waals surface area (Å²) in [6.45, 7) is 3.46. The fourth-order valence-electron chi connectivity index (χ4n) is 3.21. The number of nitrogens with zero attached hydrogens (tertiary/aromatic N) is 4. The van der Waals surface area contributed by atoms with Crippen LogP contribution in [0.3, 0.4) is 0 Å². The van der Waals surface area contributed by atoms with Crippen LogP contribution in [0.4, 0.5) is 10.6 Å². The number of aromatic nitrogens is 3. The predicted molar refractivity (Wildman–Crippen MR) is 91.6 cm³/mol. The number of ether oxygens (including phenoxy) is 1. The van der Waals surface area contributed by atoms with Gasteiger partial charge in [-0.3, -0.25) is 0 Å². The third kappa shape index (κ3) is 3.00. The van der Waals surface area contributed by atoms with E-state index in [1.807, 2.05) is 19.3 Å². The molecular formula is C17H21N5O2. The number of nitrogens with one attached hydrogen (secondary N) is 1. The van der Waals surface area contributed by atoms with Gasteiger partial charge < -0.3 is 19.5 Å². The molecule has 1 fully saturated rings. The number of carbonyl (C=O) groups excluding carboxylic acids is 1. The largest absolute Gasteiger partial charge is 0.436 e. The number of anilines is 1. The van der Waals surface area contributed by atoms with E-state index in [9.17, 15) is 4.79 Å². The van der Waals surface area contributed by atoms with Crippen LogP contribution in [0.5, 0.6) is 0 Å². The Labute approximate surface area is 141 Å². The molecule has 2 aromatic rings. The molecule has 0 spiro atoms. The summed E-state index contributed by atoms with van der Waals surface area (Å²) in [5, 5.41) is 0.972. The van der Waals surface area contributed by atoms with Crippen molar-refractivity contribution in [3.05, 3.63) is 18.6 Å². The Hall–Kier alpha value is -2.75. The van der Waals surface area contributed by atoms with Crippen molar-refractivity contribution in [1.82, 2.24) is 19.9 Å². The molecule has 7 nitrogen and oxygen atoms in total. The Kier molecular flexibility index (Phi) is 4.56. The number of likely N-dealkylation sites (tertiary alicyclic amines) is 1. The van der Waals surface area contributed by atoms with E-state index in [4.69, 9.17) is 11.2 Å². The average Bonchev–Trinajstić information content (AvgIpc) is 3.08. The summed E-state index contributed by atoms with van der Waals surface area (Å²) in [5.74, 6) is 3.61. The van der Waals surface area contributed by atoms with Crippen LogP contribution < -0.4 is 4.90 Å². The van der Waals surface area contributed by atoms with Crippen molar-refractivity contribution >= 4 is 22.9 Å². The lowest BCUT2D eigenvalue weighted by atomic mass is 9.92. The van der Waals surface area contributed by atoms with Crippen LogP contribution in [-0.4, -0.2) is 58.7 Å². The summed E-state index contributed by atoms with van der Waals surface area (Å²) >= 11 is 0. The first kappa shape index (κ1) is 16.1. The van der Waals surface area contributed by atoms with Crippen LogP contribution in [-0.2, 0) is 4.74 Å². The maximum Gasteiger partial charge on any atom is 0.410 e. The molecule has 0 radical (unpaired) electrons. The highest BCUT2D eigenvalue weighted by Crippen LogP contribution is 2.28. The van der Waals surface area contributed by atoms with Crippen LogP contribution >= 0.6 is 0 Å². The van der Waals surface area contributed by atoms with Crippen molar-refractivity contribution in [3.63, 3.8) is 0 Å². The van der Waals surface area contributed by atoms with Gasteiger partial charge in [-0.15, -0.1) is 6.42 Å². The first-order chi connectivity index (χ1) is 11.6. The molecule has 0 aromatic carbocycles. The van der Waals surface area contributed by atoms with Crippen LogP contribution in [0, 0.1) is 18.3 Å². The van der Waals surface area contributed by atoms with Gasteiger partial charge in [-0.05, 0) is 18.4 Å². The first-order valence-corrected chi connectivity index (χ1v) is 7.98. The van der Waals surface area contributed by atoms with E-state index in [0.717, 1.165) is 23.3 Å². The van der Waals surface area contributed by atoms with Crippen molar-refractivity contribution in [2.24, 2.45) is 5.92 Å². The number of carbonyl (C=O) groups is 1. The Bertz CT molecular complexity index is 766. The van der Waals surface area contributed by atoms with Gasteiger partial charge in [0.1, 0.15) is 17.8 Å². The number of aromatic amines is 1. The van der Waals surface area contributed by atoms with Gasteiger partial charge in [0, 0.05) is 26.3 Å². The maximum atomic E-state index is 12.1. The molecular weight excluding hydrogens is 306 g/mol. The lowest BCUT2D eigenvalue weighted by Crippen LogP contribution is -2.53. The highest BCUT2D eigenvalue weighted by atomic mass is 16.6. The Morgan fingerprint density at radius 2 is 2.42 bits per heavy atom. The van der Waals surface area contributed by atoms with Crippen molar-refractivity contribution in [3.8, 4) is 12.3 Å². The molecule has 3 rings (SSSR count). The highest BCUT2D eigenvalue weighted by Gasteiger charge is 2.33. The zero-order valence-electron chi connectivity index (χ0n) is 13.9. The minimum atomic E-state index is -0.354. The van der Waals surface area contributed by atoms with E-state index in [2.05, 4.69) is 32.7 Å². The SMILES string of the molecule is C#CCOC(=O)N1CCC(C)C(N(C)c2ncnc3[nH]ccc23)C1. The van der Waals surface area contributed by atoms with Crippen LogP contribution in [0.15, 0.2) is 18.6 Å². The minimum Gasteiger partial charge on any atom is -0.436 e. The maximum absolute atomic E-state index is 12.1. The second-order valence-corrected chi connectivity index (χ2v) is 6.09. The number of rotatable bonds is 3. The number of hydrogen-bond donors (Lipinski definition) is 1. The highest BCUT2D eigenvalue weighted by molar-refractivity contribution is 5.87. The molecule has 1 saturated heterocycles. The third-order valence-electron chi connectivity index (χ3n) is 4.62. The second kappa shape index (κ2) is 6.79. The van der Waals surface area contributed by atoms with Crippen molar-refractivity contribution < 1.29 is 9.53 Å². The summed E-state index contributed by atoms with van der Waals surface area (Å²) in [7, 11) is 2.01. The van der Waals surface area contributed by atoms with Gasteiger partial charge in [-0.1, -0.05) is 12.8 Å². The van der Waals surface area contributed by atoms with Gasteiger partial charge in [0.25, 0.3) is 0 Å². The van der Waals surface area contributed by atoms with Gasteiger partial charge in [0.2, 0.25) is 0 Å². The normalized spacial score (nSPS) is 20.6. The van der Waals surface area contributed by atoms with Crippen molar-refractivity contribution in [1.29, 1.82) is 0 Å². The van der Waals surface area contributed by atoms with E-state index in [0.29, 0.717) is 19.0 Å². The lowest BCUT2D eigenvalue weighted by Gasteiger charge is -2.41. The fourth-order valence-corrected chi connectivity index (χ4v) is 3.21. The van der Waals surface area contributed by atoms with E-state index >= 15 is 0 Å². The Morgan fingerprint density at radius 3 is 3.21 bits per heavy atom. The molecule has 0 aliphatic carbocycles. The third-order valence-corrected chi connectivity index (χ3v) is 4.62. The number of hydrogen-bond acceptors (Lipinski definition) is 5. The summed E-state index contributed by atoms with van der Waals surface area (Å²) in [5.41, 5.74) is 0.806. The molecule has 2 atom stereocenters. The Balaban J connectivity index is 1.80. The summed E-state index contributed by atoms with van der Waals surface area (Å²) < 4.78 is 5.06. The first-order valence-electron chi connectivity index (χ1n) is 7.98. The Morgan fingerprint density at radius 1 is 1.58 bits per heavy atom. The summed E-state index contributed by atoms with van der Waals surface area (Å²) in [6, 6.07) is 2.11. The quantitative estimate of drug-likeness (QED) is 0.871. The number of H-pyrrole nitrogens is 1. The molecule has 24 heavy (non-hydrogen) atoms. The molecule has 2 aromatic heterocycles. The van der Waals surface area contributed by atoms with Crippen LogP contribution in [0.2, 0.25) is 0 Å². The predicted octanol–water partition coefficient (Wildman–Crippen LogP) is 1.87. The van der Waals surface area contributed by atoms with Gasteiger partial charge in [-0.25, -0.2) is 14.8 Å². The number of amides is 1. The van der Waals surface area contributed by atoms with Gasteiger partial charge >= 0.3 is 6.09 Å². The van der Waals surface area contributed by atoms with E-state index in [-0.39, 0.29) is 18.7 Å². The minimum absolute atomic E-state index is 0.00127. The second-order valence-electron chi connectivity index (χ2n) is 6.09. The molecule has 3 heterocycles. The number of fused-ring (bicyclic) bond motifs is 1. The number of piperidine rings is 1. The smallest absolute Gasteiger partial charge is 0.410 e. The molecule has 1 aliphatic rings. The monoisotopic (exact) mass is 327 g/mol. The topological polar surface area (TPSA) is 74.3 Å². The van der Waals surface area contributed by atoms with Gasteiger partial charge in [0.15, 0.2) is 6.61 Å². The van der Waals surface area contributed by atoms with E-state index < -0.39 is 0 Å². The molecule has 1 N–H and O–H groups in total. The zero-order valence-corrected chi connectivity index (χ0v) is 13.9. The van der Waals surface area contributed by atoms with Crippen LogP contribution in [0.1, 0.15) is 13.3 Å². The molecule has 0 saturated carbocycles. The van der Waals surface area contributed by atoms with Crippen molar-refractivity contribution in [2.75, 3.05) is 31.6 Å². The number of terminal acetylenes is 1. The summed E-state index contributed by atoms with van der Waals surface area (Å²) in [4.78, 5) is 27.7. The van der Waals surface area contributed by atoms with E-state index in [1.165, 1.54) is 0 Å². The molecule has 126 valence electrons. The average molecular weight is 327 g/mol. The number of likely N-dealkylation sites (N-methyl/N-ethyl adjacent to an activating group) is 1. The fraction of sp³-hybridized carbons (Fsp3) is 0.471. The van der Waals surface area contributed by atoms with Gasteiger partial charge in [0.05, 0.1) is 11.4 Å². The van der Waals surface area contributed by atoms with Crippen molar-refractivity contribution in [2.45, 2.75) is 19.4 Å². The molecule has 1 amide bonds. The van der Waals surface area contributed by atoms with E-state index in [1.54, 1.807) is 11.2 Å². The van der Waals surface area contributed by atoms with Gasteiger partial charge in [-0.2, -0.15) is 0 Å². The molecule has 1 aliphatic heterocycles. The molecule has 7 heteroatoms. The van der Waals surface area contributed by atoms with Crippen LogP contribution in [0.25, 0.3) is 11.0 Å². The lowest BCUT2D eigenvalue weighted by molar-refractivity contribution is 0.0927. The standard InChI is InChI=1S/C17H21N5O2/c1-4-9-24-17(23)22-8-6-12(2)14(10-22)21(3)16-13-5-7-18-15(13)19-11-20-16/h1,5,7,11-12,14H,6,8-10H2,2-3H3,(H,18,19,20). The zero-order chi connectivity index (χ0) is 17.1. The summed E-state index contributed by atoms with van der Waals surface area (Å²) in [6.07, 6.45) is 9.11. The molecule has 0 bridgehead atoms.